The first-order valence-corrected chi connectivity index (χ1v) is 7.85. The van der Waals surface area contributed by atoms with Crippen LogP contribution in [-0.4, -0.2) is 49.4 Å². The fourth-order valence-electron chi connectivity index (χ4n) is 3.09. The Morgan fingerprint density at radius 1 is 1.30 bits per heavy atom. The van der Waals surface area contributed by atoms with Crippen LogP contribution < -0.4 is 4.90 Å². The van der Waals surface area contributed by atoms with Crippen molar-refractivity contribution in [2.45, 2.75) is 12.8 Å². The van der Waals surface area contributed by atoms with E-state index in [4.69, 9.17) is 16.3 Å². The van der Waals surface area contributed by atoms with E-state index >= 15 is 0 Å². The molecular weight excluding hydrogens is 320 g/mol. The van der Waals surface area contributed by atoms with Gasteiger partial charge < -0.3 is 4.74 Å². The third kappa shape index (κ3) is 2.96. The Morgan fingerprint density at radius 2 is 2.00 bits per heavy atom. The van der Waals surface area contributed by atoms with Crippen LogP contribution in [0, 0.1) is 5.92 Å². The summed E-state index contributed by atoms with van der Waals surface area (Å²) in [5, 5.41) is 0.436. The molecule has 3 rings (SSSR count). The number of methoxy groups -OCH3 is 1. The number of halogens is 1. The summed E-state index contributed by atoms with van der Waals surface area (Å²) in [5.41, 5.74) is 0.950. The maximum Gasteiger partial charge on any atom is 0.308 e. The van der Waals surface area contributed by atoms with Gasteiger partial charge in [0.1, 0.15) is 0 Å². The smallest absolute Gasteiger partial charge is 0.308 e. The fourth-order valence-corrected chi connectivity index (χ4v) is 3.26. The maximum atomic E-state index is 12.2. The zero-order valence-electron chi connectivity index (χ0n) is 12.8. The molecule has 2 aliphatic rings. The highest BCUT2D eigenvalue weighted by molar-refractivity contribution is 6.52. The molecule has 1 amide bonds. The molecule has 0 atom stereocenters. The van der Waals surface area contributed by atoms with Crippen LogP contribution in [0.2, 0.25) is 5.02 Å². The van der Waals surface area contributed by atoms with E-state index in [1.165, 1.54) is 18.1 Å². The first-order chi connectivity index (χ1) is 11.0. The minimum atomic E-state index is -0.530. The molecule has 0 radical (unpaired) electrons. The Kier molecular flexibility index (Phi) is 4.37. The lowest BCUT2D eigenvalue weighted by atomic mass is 9.97. The molecular formula is C16H17ClN2O4. The van der Waals surface area contributed by atoms with Crippen LogP contribution in [0.5, 0.6) is 0 Å². The van der Waals surface area contributed by atoms with Gasteiger partial charge in [-0.3, -0.25) is 24.2 Å². The normalized spacial score (nSPS) is 19.1. The molecule has 2 heterocycles. The Labute approximate surface area is 138 Å². The molecule has 0 spiro atoms. The first-order valence-electron chi connectivity index (χ1n) is 7.47. The number of ether oxygens (including phenoxy) is 1. The number of carbonyl (C=O) groups is 3. The number of esters is 1. The van der Waals surface area contributed by atoms with Crippen LogP contribution in [0.25, 0.3) is 0 Å². The number of hydrogen-bond acceptors (Lipinski definition) is 5. The van der Waals surface area contributed by atoms with E-state index < -0.39 is 11.7 Å². The van der Waals surface area contributed by atoms with Gasteiger partial charge >= 0.3 is 11.9 Å². The molecule has 23 heavy (non-hydrogen) atoms. The second kappa shape index (κ2) is 6.29. The lowest BCUT2D eigenvalue weighted by Gasteiger charge is -2.33. The van der Waals surface area contributed by atoms with Gasteiger partial charge in [-0.05, 0) is 31.0 Å². The molecule has 1 aromatic carbocycles. The zero-order valence-corrected chi connectivity index (χ0v) is 13.5. The SMILES string of the molecule is COC(=O)C1CCN(CN2C(=O)C(=O)c3cc(Cl)ccc32)CC1. The van der Waals surface area contributed by atoms with Crippen LogP contribution in [0.3, 0.4) is 0 Å². The van der Waals surface area contributed by atoms with Crippen molar-refractivity contribution >= 4 is 34.9 Å². The van der Waals surface area contributed by atoms with Crippen molar-refractivity contribution in [3.05, 3.63) is 28.8 Å². The second-order valence-corrected chi connectivity index (χ2v) is 6.22. The van der Waals surface area contributed by atoms with Gasteiger partial charge in [0.05, 0.1) is 30.9 Å². The van der Waals surface area contributed by atoms with Gasteiger partial charge in [0.2, 0.25) is 0 Å². The fraction of sp³-hybridized carbons (Fsp3) is 0.438. The Bertz CT molecular complexity index is 668. The Balaban J connectivity index is 1.69. The number of amides is 1. The number of carbonyl (C=O) groups excluding carboxylic acids is 3. The Morgan fingerprint density at radius 3 is 2.65 bits per heavy atom. The number of piperidine rings is 1. The van der Waals surface area contributed by atoms with E-state index in [1.807, 2.05) is 0 Å². The number of benzene rings is 1. The monoisotopic (exact) mass is 336 g/mol. The van der Waals surface area contributed by atoms with Crippen LogP contribution in [-0.2, 0) is 14.3 Å². The number of hydrogen-bond donors (Lipinski definition) is 0. The number of nitrogens with zero attached hydrogens (tertiary/aromatic N) is 2. The maximum absolute atomic E-state index is 12.2. The summed E-state index contributed by atoms with van der Waals surface area (Å²) in [7, 11) is 1.39. The van der Waals surface area contributed by atoms with Gasteiger partial charge in [0, 0.05) is 18.1 Å². The third-order valence-corrected chi connectivity index (χ3v) is 4.63. The number of anilines is 1. The minimum Gasteiger partial charge on any atom is -0.469 e. The van der Waals surface area contributed by atoms with Crippen LogP contribution in [0.15, 0.2) is 18.2 Å². The van der Waals surface area contributed by atoms with Crippen molar-refractivity contribution < 1.29 is 19.1 Å². The molecule has 0 aromatic heterocycles. The molecule has 0 aliphatic carbocycles. The van der Waals surface area contributed by atoms with Crippen molar-refractivity contribution in [3.8, 4) is 0 Å². The van der Waals surface area contributed by atoms with Crippen molar-refractivity contribution in [3.63, 3.8) is 0 Å². The van der Waals surface area contributed by atoms with E-state index in [2.05, 4.69) is 4.90 Å². The van der Waals surface area contributed by atoms with Gasteiger partial charge in [-0.25, -0.2) is 0 Å². The van der Waals surface area contributed by atoms with E-state index in [0.29, 0.717) is 48.9 Å². The highest BCUT2D eigenvalue weighted by atomic mass is 35.5. The number of fused-ring (bicyclic) bond motifs is 1. The molecule has 0 saturated carbocycles. The van der Waals surface area contributed by atoms with E-state index in [-0.39, 0.29) is 11.9 Å². The number of ketones is 1. The minimum absolute atomic E-state index is 0.0849. The van der Waals surface area contributed by atoms with Crippen LogP contribution >= 0.6 is 11.6 Å². The number of likely N-dealkylation sites (tertiary alicyclic amines) is 1. The lowest BCUT2D eigenvalue weighted by molar-refractivity contribution is -0.147. The largest absolute Gasteiger partial charge is 0.469 e. The molecule has 1 saturated heterocycles. The predicted octanol–water partition coefficient (Wildman–Crippen LogP) is 1.71. The average Bonchev–Trinajstić information content (AvgIpc) is 2.79. The summed E-state index contributed by atoms with van der Waals surface area (Å²) in [4.78, 5) is 39.3. The molecule has 2 aliphatic heterocycles. The summed E-state index contributed by atoms with van der Waals surface area (Å²) in [5.74, 6) is -1.32. The molecule has 122 valence electrons. The zero-order chi connectivity index (χ0) is 16.6. The second-order valence-electron chi connectivity index (χ2n) is 5.78. The van der Waals surface area contributed by atoms with E-state index in [1.54, 1.807) is 12.1 Å². The molecule has 1 aromatic rings. The van der Waals surface area contributed by atoms with Crippen molar-refractivity contribution in [2.24, 2.45) is 5.92 Å². The summed E-state index contributed by atoms with van der Waals surface area (Å²) < 4.78 is 4.77. The average molecular weight is 337 g/mol. The topological polar surface area (TPSA) is 66.9 Å². The molecule has 0 bridgehead atoms. The predicted molar refractivity (Wildman–Crippen MR) is 84.4 cm³/mol. The molecule has 7 heteroatoms. The lowest BCUT2D eigenvalue weighted by Crippen LogP contribution is -2.45. The third-order valence-electron chi connectivity index (χ3n) is 4.40. The van der Waals surface area contributed by atoms with Gasteiger partial charge in [-0.1, -0.05) is 11.6 Å². The highest BCUT2D eigenvalue weighted by Gasteiger charge is 2.37. The van der Waals surface area contributed by atoms with Crippen molar-refractivity contribution in [1.82, 2.24) is 4.90 Å². The first kappa shape index (κ1) is 16.0. The van der Waals surface area contributed by atoms with E-state index in [9.17, 15) is 14.4 Å². The molecule has 0 N–H and O–H groups in total. The summed E-state index contributed by atoms with van der Waals surface area (Å²) in [6.07, 6.45) is 1.38. The highest BCUT2D eigenvalue weighted by Crippen LogP contribution is 2.32. The van der Waals surface area contributed by atoms with Crippen LogP contribution in [0.4, 0.5) is 5.69 Å². The van der Waals surface area contributed by atoms with Gasteiger partial charge in [0.15, 0.2) is 0 Å². The molecule has 0 unspecified atom stereocenters. The van der Waals surface area contributed by atoms with E-state index in [0.717, 1.165) is 0 Å². The van der Waals surface area contributed by atoms with Gasteiger partial charge in [0.25, 0.3) is 5.78 Å². The molecule has 6 nitrogen and oxygen atoms in total. The summed E-state index contributed by atoms with van der Waals surface area (Å²) in [6, 6.07) is 4.89. The molecule has 1 fully saturated rings. The van der Waals surface area contributed by atoms with Crippen molar-refractivity contribution in [1.29, 1.82) is 0 Å². The summed E-state index contributed by atoms with van der Waals surface area (Å²) >= 11 is 5.90. The van der Waals surface area contributed by atoms with Gasteiger partial charge in [-0.15, -0.1) is 0 Å². The van der Waals surface area contributed by atoms with Crippen molar-refractivity contribution in [2.75, 3.05) is 31.8 Å². The number of rotatable bonds is 3. The summed E-state index contributed by atoms with van der Waals surface area (Å²) in [6.45, 7) is 1.70. The van der Waals surface area contributed by atoms with Gasteiger partial charge in [-0.2, -0.15) is 0 Å². The standard InChI is InChI=1S/C16H17ClN2O4/c1-23-16(22)10-4-6-18(7-5-10)9-19-13-3-2-11(17)8-12(13)14(20)15(19)21/h2-3,8,10H,4-7,9H2,1H3. The number of Topliss-reactive ketones (excluding diaryl/α,β-unsaturated/α-hetero) is 1. The van der Waals surface area contributed by atoms with Crippen LogP contribution in [0.1, 0.15) is 23.2 Å². The quantitative estimate of drug-likeness (QED) is 0.621. The Hall–Kier alpha value is -1.92.